The van der Waals surface area contributed by atoms with Crippen LogP contribution in [0, 0.1) is 0 Å². The number of nitrogens with zero attached hydrogens (tertiary/aromatic N) is 4. The summed E-state index contributed by atoms with van der Waals surface area (Å²) < 4.78 is 13.6. The van der Waals surface area contributed by atoms with Gasteiger partial charge in [0, 0.05) is 6.07 Å². The zero-order chi connectivity index (χ0) is 17.6. The number of benzene rings is 2. The Morgan fingerprint density at radius 1 is 1.04 bits per heavy atom. The van der Waals surface area contributed by atoms with Crippen LogP contribution in [0.5, 0.6) is 11.5 Å². The molecule has 8 nitrogen and oxygen atoms in total. The number of ether oxygens (including phenoxy) is 2. The Kier molecular flexibility index (Phi) is 3.31. The van der Waals surface area contributed by atoms with E-state index in [2.05, 4.69) is 10.1 Å². The van der Waals surface area contributed by atoms with Gasteiger partial charge in [0.1, 0.15) is 0 Å². The van der Waals surface area contributed by atoms with Gasteiger partial charge in [0.15, 0.2) is 11.5 Å². The quantitative estimate of drug-likeness (QED) is 0.610. The second-order valence-corrected chi connectivity index (χ2v) is 5.38. The molecule has 4 rings (SSSR count). The molecule has 0 aliphatic heterocycles. The largest absolute Gasteiger partial charge is 0.493 e. The predicted molar refractivity (Wildman–Crippen MR) is 93.6 cm³/mol. The third-order valence-corrected chi connectivity index (χ3v) is 4.00. The minimum Gasteiger partial charge on any atom is -0.493 e. The van der Waals surface area contributed by atoms with E-state index in [-0.39, 0.29) is 11.5 Å². The van der Waals surface area contributed by atoms with Gasteiger partial charge in [0.25, 0.3) is 5.56 Å². The topological polar surface area (TPSA) is 96.7 Å². The second-order valence-electron chi connectivity index (χ2n) is 5.38. The van der Waals surface area contributed by atoms with Crippen molar-refractivity contribution in [1.29, 1.82) is 0 Å². The van der Waals surface area contributed by atoms with E-state index in [4.69, 9.17) is 15.2 Å². The third kappa shape index (κ3) is 2.18. The number of methoxy groups -OCH3 is 2. The number of rotatable bonds is 3. The van der Waals surface area contributed by atoms with Crippen LogP contribution < -0.4 is 20.8 Å². The van der Waals surface area contributed by atoms with Crippen molar-refractivity contribution in [1.82, 2.24) is 19.2 Å². The van der Waals surface area contributed by atoms with E-state index in [1.165, 1.54) is 11.7 Å². The van der Waals surface area contributed by atoms with E-state index in [1.807, 2.05) is 6.07 Å². The lowest BCUT2D eigenvalue weighted by molar-refractivity contribution is 0.355. The summed E-state index contributed by atoms with van der Waals surface area (Å²) >= 11 is 0. The minimum atomic E-state index is -0.220. The molecular weight excluding hydrogens is 322 g/mol. The molecule has 0 aliphatic rings. The molecule has 0 saturated carbocycles. The fourth-order valence-electron chi connectivity index (χ4n) is 2.87. The molecule has 0 radical (unpaired) electrons. The second kappa shape index (κ2) is 5.52. The molecule has 2 heterocycles. The fourth-order valence-corrected chi connectivity index (χ4v) is 2.87. The molecule has 0 fully saturated rings. The Bertz CT molecular complexity index is 1160. The van der Waals surface area contributed by atoms with E-state index in [0.29, 0.717) is 33.9 Å². The molecule has 2 N–H and O–H groups in total. The molecule has 0 aliphatic carbocycles. The average Bonchev–Trinajstić information content (AvgIpc) is 3.03. The number of anilines is 1. The van der Waals surface area contributed by atoms with E-state index in [1.54, 1.807) is 48.0 Å². The smallest absolute Gasteiger partial charge is 0.267 e. The van der Waals surface area contributed by atoms with Gasteiger partial charge >= 0.3 is 0 Å². The standard InChI is InChI=1S/C17H15N5O3/c1-24-13-8-7-10(9-14(13)25-2)21-15(23)11-5-3-4-6-12(11)22-17(21)19-16(18)20-22/h3-9H,1-2H3,(H2,18,20). The number of para-hydroxylation sites is 1. The molecule has 126 valence electrons. The molecule has 0 saturated heterocycles. The van der Waals surface area contributed by atoms with Gasteiger partial charge in [-0.3, -0.25) is 4.79 Å². The number of hydrogen-bond acceptors (Lipinski definition) is 6. The van der Waals surface area contributed by atoms with Crippen LogP contribution in [0.25, 0.3) is 22.4 Å². The van der Waals surface area contributed by atoms with Crippen molar-refractivity contribution in [2.75, 3.05) is 20.0 Å². The van der Waals surface area contributed by atoms with Crippen molar-refractivity contribution in [3.63, 3.8) is 0 Å². The van der Waals surface area contributed by atoms with Crippen LogP contribution in [-0.4, -0.2) is 33.4 Å². The molecule has 0 spiro atoms. The lowest BCUT2D eigenvalue weighted by atomic mass is 10.2. The van der Waals surface area contributed by atoms with E-state index < -0.39 is 0 Å². The van der Waals surface area contributed by atoms with Crippen LogP contribution in [-0.2, 0) is 0 Å². The Morgan fingerprint density at radius 3 is 2.56 bits per heavy atom. The van der Waals surface area contributed by atoms with Gasteiger partial charge in [-0.1, -0.05) is 12.1 Å². The van der Waals surface area contributed by atoms with Gasteiger partial charge in [-0.25, -0.2) is 4.57 Å². The number of fused-ring (bicyclic) bond motifs is 3. The maximum absolute atomic E-state index is 13.1. The highest BCUT2D eigenvalue weighted by Gasteiger charge is 2.16. The first-order valence-corrected chi connectivity index (χ1v) is 7.52. The zero-order valence-corrected chi connectivity index (χ0v) is 13.6. The third-order valence-electron chi connectivity index (χ3n) is 4.00. The molecule has 2 aromatic heterocycles. The molecule has 0 atom stereocenters. The molecule has 25 heavy (non-hydrogen) atoms. The highest BCUT2D eigenvalue weighted by atomic mass is 16.5. The van der Waals surface area contributed by atoms with Crippen LogP contribution in [0.1, 0.15) is 0 Å². The molecule has 0 unspecified atom stereocenters. The van der Waals surface area contributed by atoms with E-state index in [0.717, 1.165) is 0 Å². The molecule has 0 bridgehead atoms. The number of aromatic nitrogens is 4. The Morgan fingerprint density at radius 2 is 1.80 bits per heavy atom. The van der Waals surface area contributed by atoms with Crippen LogP contribution in [0.3, 0.4) is 0 Å². The highest BCUT2D eigenvalue weighted by Crippen LogP contribution is 2.29. The Balaban J connectivity index is 2.13. The van der Waals surface area contributed by atoms with Crippen LogP contribution in [0.4, 0.5) is 5.95 Å². The van der Waals surface area contributed by atoms with Crippen molar-refractivity contribution in [2.45, 2.75) is 0 Å². The summed E-state index contributed by atoms with van der Waals surface area (Å²) in [6, 6.07) is 12.4. The maximum Gasteiger partial charge on any atom is 0.267 e. The summed E-state index contributed by atoms with van der Waals surface area (Å²) in [7, 11) is 3.09. The molecule has 8 heteroatoms. The van der Waals surface area contributed by atoms with Gasteiger partial charge < -0.3 is 15.2 Å². The Labute approximate surface area is 142 Å². The average molecular weight is 337 g/mol. The first-order valence-electron chi connectivity index (χ1n) is 7.52. The Hall–Kier alpha value is -3.55. The summed E-state index contributed by atoms with van der Waals surface area (Å²) in [5.74, 6) is 1.49. The first-order chi connectivity index (χ1) is 12.1. The van der Waals surface area contributed by atoms with E-state index >= 15 is 0 Å². The SMILES string of the molecule is COc1ccc(-n2c(=O)c3ccccc3n3nc(N)nc23)cc1OC. The summed E-state index contributed by atoms with van der Waals surface area (Å²) in [5, 5.41) is 4.72. The highest BCUT2D eigenvalue weighted by molar-refractivity contribution is 5.80. The fraction of sp³-hybridized carbons (Fsp3) is 0.118. The van der Waals surface area contributed by atoms with Gasteiger partial charge in [-0.05, 0) is 24.3 Å². The first kappa shape index (κ1) is 15.0. The number of nitrogen functional groups attached to an aromatic ring is 1. The normalized spacial score (nSPS) is 11.1. The molecule has 2 aromatic carbocycles. The molecular formula is C17H15N5O3. The summed E-state index contributed by atoms with van der Waals surface area (Å²) in [6.45, 7) is 0. The maximum atomic E-state index is 13.1. The van der Waals surface area contributed by atoms with E-state index in [9.17, 15) is 4.79 Å². The van der Waals surface area contributed by atoms with Gasteiger partial charge in [-0.2, -0.15) is 9.50 Å². The van der Waals surface area contributed by atoms with Crippen molar-refractivity contribution in [2.24, 2.45) is 0 Å². The van der Waals surface area contributed by atoms with Crippen molar-refractivity contribution in [3.8, 4) is 17.2 Å². The summed E-state index contributed by atoms with van der Waals surface area (Å²) in [4.78, 5) is 17.3. The van der Waals surface area contributed by atoms with Crippen molar-refractivity contribution < 1.29 is 9.47 Å². The molecule has 4 aromatic rings. The summed E-state index contributed by atoms with van der Waals surface area (Å²) in [6.07, 6.45) is 0. The van der Waals surface area contributed by atoms with Gasteiger partial charge in [0.05, 0.1) is 30.8 Å². The van der Waals surface area contributed by atoms with Crippen molar-refractivity contribution in [3.05, 3.63) is 52.8 Å². The number of hydrogen-bond donors (Lipinski definition) is 1. The van der Waals surface area contributed by atoms with Crippen molar-refractivity contribution >= 4 is 22.6 Å². The monoisotopic (exact) mass is 337 g/mol. The minimum absolute atomic E-state index is 0.0879. The summed E-state index contributed by atoms with van der Waals surface area (Å²) in [5.41, 5.74) is 6.77. The van der Waals surface area contributed by atoms with Crippen LogP contribution in [0.15, 0.2) is 47.3 Å². The van der Waals surface area contributed by atoms with Crippen LogP contribution >= 0.6 is 0 Å². The van der Waals surface area contributed by atoms with Gasteiger partial charge in [0.2, 0.25) is 11.7 Å². The zero-order valence-electron chi connectivity index (χ0n) is 13.6. The van der Waals surface area contributed by atoms with Crippen LogP contribution in [0.2, 0.25) is 0 Å². The predicted octanol–water partition coefficient (Wildman–Crippen LogP) is 1.63. The molecule has 0 amide bonds. The lowest BCUT2D eigenvalue weighted by Crippen LogP contribution is -2.22. The number of nitrogens with two attached hydrogens (primary N) is 1. The lowest BCUT2D eigenvalue weighted by Gasteiger charge is -2.12. The van der Waals surface area contributed by atoms with Gasteiger partial charge in [-0.15, -0.1) is 5.10 Å².